The van der Waals surface area contributed by atoms with Crippen LogP contribution < -0.4 is 0 Å². The second-order valence-corrected chi connectivity index (χ2v) is 8.33. The van der Waals surface area contributed by atoms with Crippen LogP contribution in [0.3, 0.4) is 0 Å². The maximum Gasteiger partial charge on any atom is 0.337 e. The Bertz CT molecular complexity index is 967. The molecule has 30 heavy (non-hydrogen) atoms. The van der Waals surface area contributed by atoms with Crippen LogP contribution in [0.25, 0.3) is 5.69 Å². The number of hydrogen-bond acceptors (Lipinski definition) is 6. The van der Waals surface area contributed by atoms with Gasteiger partial charge in [0.2, 0.25) is 0 Å². The number of rotatable bonds is 7. The number of benzene rings is 2. The lowest BCUT2D eigenvalue weighted by Crippen LogP contribution is -2.30. The molecule has 2 heterocycles. The minimum Gasteiger partial charge on any atom is -0.465 e. The summed E-state index contributed by atoms with van der Waals surface area (Å²) in [7, 11) is 1.39. The molecule has 3 aromatic rings. The fraction of sp³-hybridized carbons (Fsp3) is 0.348. The Labute approximate surface area is 181 Å². The zero-order valence-electron chi connectivity index (χ0n) is 17.2. The summed E-state index contributed by atoms with van der Waals surface area (Å²) in [5, 5.41) is 9.92. The predicted octanol–water partition coefficient (Wildman–Crippen LogP) is 4.33. The lowest BCUT2D eigenvalue weighted by molar-refractivity contribution is 0.0600. The average Bonchev–Trinajstić information content (AvgIpc) is 3.21. The molecule has 2 aromatic carbocycles. The summed E-state index contributed by atoms with van der Waals surface area (Å²) in [6.07, 6.45) is 3.82. The summed E-state index contributed by atoms with van der Waals surface area (Å²) >= 11 is 1.65. The SMILES string of the molecule is COC(=O)c1ccc(CSc2nnc(CN3CCCCC3)n2-c2ccccc2)cc1. The molecular weight excluding hydrogens is 396 g/mol. The van der Waals surface area contributed by atoms with Crippen LogP contribution in [0.2, 0.25) is 0 Å². The molecule has 1 aromatic heterocycles. The summed E-state index contributed by atoms with van der Waals surface area (Å²) in [5.41, 5.74) is 2.76. The molecule has 0 saturated carbocycles. The van der Waals surface area contributed by atoms with Crippen molar-refractivity contribution in [1.29, 1.82) is 0 Å². The Kier molecular flexibility index (Phi) is 6.81. The van der Waals surface area contributed by atoms with Gasteiger partial charge in [-0.1, -0.05) is 48.5 Å². The first-order chi connectivity index (χ1) is 14.7. The Morgan fingerprint density at radius 3 is 2.43 bits per heavy atom. The van der Waals surface area contributed by atoms with Crippen molar-refractivity contribution in [2.24, 2.45) is 0 Å². The number of carbonyl (C=O) groups is 1. The van der Waals surface area contributed by atoms with Crippen LogP contribution in [0.1, 0.15) is 41.0 Å². The third kappa shape index (κ3) is 4.91. The molecular formula is C23H26N4O2S. The minimum absolute atomic E-state index is 0.319. The number of thioether (sulfide) groups is 1. The lowest BCUT2D eigenvalue weighted by Gasteiger charge is -2.26. The van der Waals surface area contributed by atoms with Gasteiger partial charge in [-0.25, -0.2) is 4.79 Å². The maximum absolute atomic E-state index is 11.6. The topological polar surface area (TPSA) is 60.2 Å². The number of ether oxygens (including phenoxy) is 1. The van der Waals surface area contributed by atoms with E-state index in [2.05, 4.69) is 31.8 Å². The second-order valence-electron chi connectivity index (χ2n) is 7.38. The Morgan fingerprint density at radius 2 is 1.73 bits per heavy atom. The molecule has 0 radical (unpaired) electrons. The molecule has 1 saturated heterocycles. The fourth-order valence-electron chi connectivity index (χ4n) is 3.65. The van der Waals surface area contributed by atoms with Crippen LogP contribution in [-0.4, -0.2) is 45.8 Å². The smallest absolute Gasteiger partial charge is 0.337 e. The van der Waals surface area contributed by atoms with E-state index in [-0.39, 0.29) is 5.97 Å². The van der Waals surface area contributed by atoms with Crippen LogP contribution >= 0.6 is 11.8 Å². The molecule has 0 aliphatic carbocycles. The van der Waals surface area contributed by atoms with Crippen molar-refractivity contribution in [3.05, 3.63) is 71.5 Å². The molecule has 0 atom stereocenters. The van der Waals surface area contributed by atoms with Gasteiger partial charge in [-0.3, -0.25) is 9.47 Å². The summed E-state index contributed by atoms with van der Waals surface area (Å²) in [4.78, 5) is 14.1. The third-order valence-corrected chi connectivity index (χ3v) is 6.27. The quantitative estimate of drug-likeness (QED) is 0.417. The van der Waals surface area contributed by atoms with Crippen LogP contribution in [-0.2, 0) is 17.0 Å². The van der Waals surface area contributed by atoms with Crippen molar-refractivity contribution in [1.82, 2.24) is 19.7 Å². The molecule has 1 aliphatic heterocycles. The Morgan fingerprint density at radius 1 is 1.00 bits per heavy atom. The van der Waals surface area contributed by atoms with E-state index in [4.69, 9.17) is 4.74 Å². The largest absolute Gasteiger partial charge is 0.465 e. The molecule has 156 valence electrons. The van der Waals surface area contributed by atoms with E-state index >= 15 is 0 Å². The number of aromatic nitrogens is 3. The van der Waals surface area contributed by atoms with E-state index in [1.807, 2.05) is 30.3 Å². The normalized spacial score (nSPS) is 14.6. The molecule has 6 nitrogen and oxygen atoms in total. The highest BCUT2D eigenvalue weighted by molar-refractivity contribution is 7.98. The highest BCUT2D eigenvalue weighted by Crippen LogP contribution is 2.26. The van der Waals surface area contributed by atoms with Crippen molar-refractivity contribution >= 4 is 17.7 Å². The van der Waals surface area contributed by atoms with Gasteiger partial charge < -0.3 is 4.74 Å². The molecule has 1 aliphatic rings. The molecule has 7 heteroatoms. The monoisotopic (exact) mass is 422 g/mol. The van der Waals surface area contributed by atoms with Crippen molar-refractivity contribution in [3.63, 3.8) is 0 Å². The maximum atomic E-state index is 11.6. The van der Waals surface area contributed by atoms with Crippen molar-refractivity contribution in [2.75, 3.05) is 20.2 Å². The molecule has 0 N–H and O–H groups in total. The zero-order valence-corrected chi connectivity index (χ0v) is 18.0. The van der Waals surface area contributed by atoms with Gasteiger partial charge in [-0.05, 0) is 55.8 Å². The number of para-hydroxylation sites is 1. The zero-order chi connectivity index (χ0) is 20.8. The summed E-state index contributed by atoms with van der Waals surface area (Å²) in [6.45, 7) is 3.06. The first-order valence-corrected chi connectivity index (χ1v) is 11.3. The molecule has 0 spiro atoms. The summed E-state index contributed by atoms with van der Waals surface area (Å²) in [6, 6.07) is 17.8. The average molecular weight is 423 g/mol. The van der Waals surface area contributed by atoms with E-state index in [1.165, 1.54) is 26.4 Å². The second kappa shape index (κ2) is 9.91. The van der Waals surface area contributed by atoms with E-state index in [0.717, 1.165) is 47.6 Å². The highest BCUT2D eigenvalue weighted by atomic mass is 32.2. The summed E-state index contributed by atoms with van der Waals surface area (Å²) in [5.74, 6) is 1.41. The molecule has 4 rings (SSSR count). The van der Waals surface area contributed by atoms with Gasteiger partial charge in [-0.2, -0.15) is 0 Å². The van der Waals surface area contributed by atoms with Gasteiger partial charge in [-0.15, -0.1) is 10.2 Å². The first-order valence-electron chi connectivity index (χ1n) is 10.3. The van der Waals surface area contributed by atoms with Crippen molar-refractivity contribution in [3.8, 4) is 5.69 Å². The first kappa shape index (κ1) is 20.6. The van der Waals surface area contributed by atoms with E-state index < -0.39 is 0 Å². The van der Waals surface area contributed by atoms with Gasteiger partial charge in [0.1, 0.15) is 0 Å². The van der Waals surface area contributed by atoms with Gasteiger partial charge in [0.15, 0.2) is 11.0 Å². The molecule has 0 bridgehead atoms. The number of esters is 1. The number of likely N-dealkylation sites (tertiary alicyclic amines) is 1. The van der Waals surface area contributed by atoms with Crippen molar-refractivity contribution < 1.29 is 9.53 Å². The van der Waals surface area contributed by atoms with Crippen LogP contribution in [0, 0.1) is 0 Å². The number of methoxy groups -OCH3 is 1. The molecule has 0 unspecified atom stereocenters. The third-order valence-electron chi connectivity index (χ3n) is 5.27. The van der Waals surface area contributed by atoms with E-state index in [9.17, 15) is 4.79 Å². The van der Waals surface area contributed by atoms with Gasteiger partial charge in [0, 0.05) is 11.4 Å². The molecule has 1 fully saturated rings. The number of carbonyl (C=O) groups excluding carboxylic acids is 1. The van der Waals surface area contributed by atoms with E-state index in [0.29, 0.717) is 5.56 Å². The summed E-state index contributed by atoms with van der Waals surface area (Å²) < 4.78 is 6.93. The van der Waals surface area contributed by atoms with Gasteiger partial charge in [0.05, 0.1) is 19.2 Å². The fourth-order valence-corrected chi connectivity index (χ4v) is 4.58. The lowest BCUT2D eigenvalue weighted by atomic mass is 10.1. The standard InChI is InChI=1S/C23H26N4O2S/c1-29-22(28)19-12-10-18(11-13-19)17-30-23-25-24-21(16-26-14-6-3-7-15-26)27(23)20-8-4-2-5-9-20/h2,4-5,8-13H,3,6-7,14-17H2,1H3. The van der Waals surface area contributed by atoms with Gasteiger partial charge in [0.25, 0.3) is 0 Å². The van der Waals surface area contributed by atoms with Crippen molar-refractivity contribution in [2.45, 2.75) is 36.7 Å². The number of piperidine rings is 1. The van der Waals surface area contributed by atoms with Crippen LogP contribution in [0.5, 0.6) is 0 Å². The molecule has 0 amide bonds. The number of hydrogen-bond donors (Lipinski definition) is 0. The Hall–Kier alpha value is -2.64. The minimum atomic E-state index is -0.319. The van der Waals surface area contributed by atoms with E-state index in [1.54, 1.807) is 23.9 Å². The highest BCUT2D eigenvalue weighted by Gasteiger charge is 2.18. The Balaban J connectivity index is 1.53. The predicted molar refractivity (Wildman–Crippen MR) is 118 cm³/mol. The number of nitrogens with zero attached hydrogens (tertiary/aromatic N) is 4. The van der Waals surface area contributed by atoms with Gasteiger partial charge >= 0.3 is 5.97 Å². The van der Waals surface area contributed by atoms with Crippen LogP contribution in [0.15, 0.2) is 59.8 Å². The van der Waals surface area contributed by atoms with Crippen LogP contribution in [0.4, 0.5) is 0 Å².